The van der Waals surface area contributed by atoms with Crippen molar-refractivity contribution in [2.24, 2.45) is 5.92 Å². The maximum Gasteiger partial charge on any atom is 0.129 e. The summed E-state index contributed by atoms with van der Waals surface area (Å²) >= 11 is 0. The average Bonchev–Trinajstić information content (AvgIpc) is 2.35. The summed E-state index contributed by atoms with van der Waals surface area (Å²) in [5.74, 6) is 2.23. The second-order valence-electron chi connectivity index (χ2n) is 5.62. The minimum atomic E-state index is -0.0720. The van der Waals surface area contributed by atoms with E-state index in [0.717, 1.165) is 43.1 Å². The van der Waals surface area contributed by atoms with Crippen LogP contribution in [0.15, 0.2) is 6.07 Å². The van der Waals surface area contributed by atoms with Gasteiger partial charge in [-0.2, -0.15) is 0 Å². The summed E-state index contributed by atoms with van der Waals surface area (Å²) in [4.78, 5) is 8.62. The Balaban J connectivity index is 1.71. The molecule has 0 amide bonds. The number of hydrogen-bond acceptors (Lipinski definition) is 4. The van der Waals surface area contributed by atoms with Gasteiger partial charge in [0.05, 0.1) is 6.10 Å². The Morgan fingerprint density at radius 3 is 2.79 bits per heavy atom. The van der Waals surface area contributed by atoms with Crippen LogP contribution in [-0.2, 0) is 0 Å². The van der Waals surface area contributed by atoms with Gasteiger partial charge in [0.2, 0.25) is 0 Å². The second-order valence-corrected chi connectivity index (χ2v) is 5.62. The highest BCUT2D eigenvalue weighted by molar-refractivity contribution is 5.35. The smallest absolute Gasteiger partial charge is 0.129 e. The fraction of sp³-hybridized carbons (Fsp3) is 0.733. The molecule has 106 valence electrons. The van der Waals surface area contributed by atoms with Crippen LogP contribution in [-0.4, -0.2) is 27.7 Å². The van der Waals surface area contributed by atoms with Gasteiger partial charge in [0, 0.05) is 18.3 Å². The van der Waals surface area contributed by atoms with Crippen molar-refractivity contribution in [3.63, 3.8) is 0 Å². The van der Waals surface area contributed by atoms with E-state index < -0.39 is 0 Å². The van der Waals surface area contributed by atoms with Crippen LogP contribution in [0.2, 0.25) is 0 Å². The molecule has 2 N–H and O–H groups in total. The molecule has 4 heteroatoms. The van der Waals surface area contributed by atoms with Crippen LogP contribution in [0.3, 0.4) is 0 Å². The fourth-order valence-electron chi connectivity index (χ4n) is 2.91. The quantitative estimate of drug-likeness (QED) is 0.802. The number of aromatic nitrogens is 2. The molecular weight excluding hydrogens is 238 g/mol. The number of aliphatic hydroxyl groups is 1. The lowest BCUT2D eigenvalue weighted by Gasteiger charge is -2.27. The van der Waals surface area contributed by atoms with Crippen molar-refractivity contribution in [3.05, 3.63) is 17.6 Å². The van der Waals surface area contributed by atoms with E-state index in [-0.39, 0.29) is 6.10 Å². The molecule has 0 aromatic carbocycles. The molecule has 0 aliphatic heterocycles. The van der Waals surface area contributed by atoms with Gasteiger partial charge in [-0.05, 0) is 45.4 Å². The van der Waals surface area contributed by atoms with E-state index in [1.165, 1.54) is 19.3 Å². The van der Waals surface area contributed by atoms with Crippen LogP contribution in [0.1, 0.15) is 50.0 Å². The summed E-state index contributed by atoms with van der Waals surface area (Å²) in [6.45, 7) is 4.81. The number of hydrogen-bond donors (Lipinski definition) is 2. The van der Waals surface area contributed by atoms with Gasteiger partial charge in [0.1, 0.15) is 11.6 Å². The van der Waals surface area contributed by atoms with E-state index in [1.807, 2.05) is 19.9 Å². The zero-order valence-corrected chi connectivity index (χ0v) is 12.0. The minimum absolute atomic E-state index is 0.0720. The first-order chi connectivity index (χ1) is 9.15. The van der Waals surface area contributed by atoms with Crippen molar-refractivity contribution in [1.82, 2.24) is 9.97 Å². The molecule has 2 rings (SSSR count). The monoisotopic (exact) mass is 263 g/mol. The van der Waals surface area contributed by atoms with Gasteiger partial charge in [-0.3, -0.25) is 0 Å². The zero-order chi connectivity index (χ0) is 13.7. The Hall–Kier alpha value is -1.16. The predicted octanol–water partition coefficient (Wildman–Crippen LogP) is 2.84. The first-order valence-corrected chi connectivity index (χ1v) is 7.39. The van der Waals surface area contributed by atoms with Crippen LogP contribution in [0, 0.1) is 19.8 Å². The van der Waals surface area contributed by atoms with Crippen molar-refractivity contribution < 1.29 is 5.11 Å². The number of anilines is 1. The molecule has 1 aliphatic carbocycles. The summed E-state index contributed by atoms with van der Waals surface area (Å²) in [7, 11) is 0. The number of nitrogens with one attached hydrogen (secondary N) is 1. The van der Waals surface area contributed by atoms with Crippen molar-refractivity contribution >= 4 is 5.82 Å². The summed E-state index contributed by atoms with van der Waals surface area (Å²) in [6, 6.07) is 1.97. The van der Waals surface area contributed by atoms with Crippen LogP contribution in [0.4, 0.5) is 5.82 Å². The summed E-state index contributed by atoms with van der Waals surface area (Å²) in [5.41, 5.74) is 0.998. The Labute approximate surface area is 115 Å². The van der Waals surface area contributed by atoms with E-state index in [2.05, 4.69) is 15.3 Å². The summed E-state index contributed by atoms with van der Waals surface area (Å²) < 4.78 is 0. The second kappa shape index (κ2) is 6.85. The van der Waals surface area contributed by atoms with Crippen LogP contribution in [0.5, 0.6) is 0 Å². The number of aliphatic hydroxyl groups excluding tert-OH is 1. The van der Waals surface area contributed by atoms with Gasteiger partial charge < -0.3 is 10.4 Å². The molecule has 4 nitrogen and oxygen atoms in total. The molecule has 1 saturated carbocycles. The van der Waals surface area contributed by atoms with E-state index >= 15 is 0 Å². The average molecular weight is 263 g/mol. The molecule has 19 heavy (non-hydrogen) atoms. The lowest BCUT2D eigenvalue weighted by atomic mass is 9.83. The third-order valence-corrected chi connectivity index (χ3v) is 3.89. The number of nitrogens with zero attached hydrogens (tertiary/aromatic N) is 2. The van der Waals surface area contributed by atoms with Gasteiger partial charge in [-0.25, -0.2) is 9.97 Å². The number of aryl methyl sites for hydroxylation is 2. The van der Waals surface area contributed by atoms with Gasteiger partial charge in [0.25, 0.3) is 0 Å². The molecule has 1 heterocycles. The van der Waals surface area contributed by atoms with Gasteiger partial charge in [0.15, 0.2) is 0 Å². The minimum Gasteiger partial charge on any atom is -0.393 e. The van der Waals surface area contributed by atoms with Gasteiger partial charge in [-0.15, -0.1) is 0 Å². The first-order valence-electron chi connectivity index (χ1n) is 7.39. The largest absolute Gasteiger partial charge is 0.393 e. The van der Waals surface area contributed by atoms with E-state index in [9.17, 15) is 5.11 Å². The van der Waals surface area contributed by atoms with E-state index in [1.54, 1.807) is 0 Å². The molecule has 2 unspecified atom stereocenters. The Kier molecular flexibility index (Phi) is 5.14. The molecule has 0 saturated heterocycles. The molecule has 1 aliphatic rings. The topological polar surface area (TPSA) is 58.0 Å². The first kappa shape index (κ1) is 14.3. The molecule has 0 bridgehead atoms. The highest BCUT2D eigenvalue weighted by atomic mass is 16.3. The van der Waals surface area contributed by atoms with E-state index in [4.69, 9.17) is 0 Å². The van der Waals surface area contributed by atoms with Crippen molar-refractivity contribution in [1.29, 1.82) is 0 Å². The molecule has 1 fully saturated rings. The Bertz CT molecular complexity index is 388. The van der Waals surface area contributed by atoms with E-state index in [0.29, 0.717) is 5.92 Å². The Morgan fingerprint density at radius 1 is 1.26 bits per heavy atom. The summed E-state index contributed by atoms with van der Waals surface area (Å²) in [6.07, 6.45) is 6.77. The van der Waals surface area contributed by atoms with Crippen molar-refractivity contribution in [2.45, 2.75) is 58.5 Å². The SMILES string of the molecule is Cc1cc(NCCCC2CCCCC2O)nc(C)n1. The van der Waals surface area contributed by atoms with Crippen LogP contribution in [0.25, 0.3) is 0 Å². The highest BCUT2D eigenvalue weighted by Gasteiger charge is 2.22. The highest BCUT2D eigenvalue weighted by Crippen LogP contribution is 2.27. The van der Waals surface area contributed by atoms with Crippen LogP contribution >= 0.6 is 0 Å². The predicted molar refractivity (Wildman–Crippen MR) is 77.2 cm³/mol. The number of rotatable bonds is 5. The molecule has 0 radical (unpaired) electrons. The molecule has 1 aromatic heterocycles. The standard InChI is InChI=1S/C15H25N3O/c1-11-10-15(18-12(2)17-11)16-9-5-7-13-6-3-4-8-14(13)19/h10,13-14,19H,3-9H2,1-2H3,(H,16,17,18). The maximum absolute atomic E-state index is 9.92. The maximum atomic E-state index is 9.92. The van der Waals surface area contributed by atoms with Gasteiger partial charge in [-0.1, -0.05) is 12.8 Å². The zero-order valence-electron chi connectivity index (χ0n) is 12.0. The Morgan fingerprint density at radius 2 is 2.05 bits per heavy atom. The lowest BCUT2D eigenvalue weighted by Crippen LogP contribution is -2.24. The molecule has 1 aromatic rings. The van der Waals surface area contributed by atoms with Crippen LogP contribution < -0.4 is 5.32 Å². The van der Waals surface area contributed by atoms with Gasteiger partial charge >= 0.3 is 0 Å². The molecule has 0 spiro atoms. The normalized spacial score (nSPS) is 23.3. The molecule has 2 atom stereocenters. The lowest BCUT2D eigenvalue weighted by molar-refractivity contribution is 0.0648. The third kappa shape index (κ3) is 4.46. The fourth-order valence-corrected chi connectivity index (χ4v) is 2.91. The third-order valence-electron chi connectivity index (χ3n) is 3.89. The summed E-state index contributed by atoms with van der Waals surface area (Å²) in [5, 5.41) is 13.3. The van der Waals surface area contributed by atoms with Crippen molar-refractivity contribution in [3.8, 4) is 0 Å². The molecular formula is C15H25N3O. The van der Waals surface area contributed by atoms with Crippen molar-refractivity contribution in [2.75, 3.05) is 11.9 Å².